The quantitative estimate of drug-likeness (QED) is 0.288. The summed E-state index contributed by atoms with van der Waals surface area (Å²) in [6.07, 6.45) is 0. The second-order valence-electron chi connectivity index (χ2n) is 6.81. The van der Waals surface area contributed by atoms with Gasteiger partial charge < -0.3 is 15.6 Å². The lowest BCUT2D eigenvalue weighted by molar-refractivity contribution is -0.114. The summed E-state index contributed by atoms with van der Waals surface area (Å²) in [5, 5.41) is 12.4. The van der Waals surface area contributed by atoms with Crippen molar-refractivity contribution in [2.45, 2.75) is 24.8 Å². The van der Waals surface area contributed by atoms with Crippen molar-refractivity contribution in [3.63, 3.8) is 0 Å². The molecule has 4 aromatic rings. The third kappa shape index (κ3) is 4.06. The molecule has 0 atom stereocenters. The highest BCUT2D eigenvalue weighted by molar-refractivity contribution is 7.98. The summed E-state index contributed by atoms with van der Waals surface area (Å²) in [4.78, 5) is 23.3. The van der Waals surface area contributed by atoms with Gasteiger partial charge in [-0.25, -0.2) is 9.47 Å². The van der Waals surface area contributed by atoms with Crippen LogP contribution in [0.4, 0.5) is 5.69 Å². The van der Waals surface area contributed by atoms with Crippen molar-refractivity contribution in [1.29, 1.82) is 0 Å². The Kier molecular flexibility index (Phi) is 5.28. The molecule has 0 fully saturated rings. The Morgan fingerprint density at radius 1 is 1.17 bits per heavy atom. The van der Waals surface area contributed by atoms with Crippen LogP contribution >= 0.6 is 11.8 Å². The molecule has 152 valence electrons. The summed E-state index contributed by atoms with van der Waals surface area (Å²) in [7, 11) is 0. The van der Waals surface area contributed by atoms with Gasteiger partial charge in [-0.1, -0.05) is 41.6 Å². The lowest BCUT2D eigenvalue weighted by Crippen LogP contribution is -2.11. The summed E-state index contributed by atoms with van der Waals surface area (Å²) in [6.45, 7) is 3.43. The fraction of sp³-hybridized carbons (Fsp3) is 0.143. The van der Waals surface area contributed by atoms with Crippen molar-refractivity contribution < 1.29 is 9.21 Å². The Bertz CT molecular complexity index is 1290. The van der Waals surface area contributed by atoms with Gasteiger partial charge in [0.25, 0.3) is 0 Å². The van der Waals surface area contributed by atoms with Crippen LogP contribution in [0.1, 0.15) is 18.1 Å². The molecule has 2 aromatic carbocycles. The number of anilines is 1. The zero-order chi connectivity index (χ0) is 21.3. The highest BCUT2D eigenvalue weighted by atomic mass is 32.2. The number of carbonyl (C=O) groups is 1. The van der Waals surface area contributed by atoms with Gasteiger partial charge in [0, 0.05) is 41.4 Å². The number of thioether (sulfide) groups is 1. The number of nitrogens with one attached hydrogen (secondary N) is 1. The van der Waals surface area contributed by atoms with Crippen LogP contribution in [0.25, 0.3) is 22.4 Å². The van der Waals surface area contributed by atoms with Gasteiger partial charge in [-0.2, -0.15) is 0 Å². The van der Waals surface area contributed by atoms with Crippen LogP contribution < -0.4 is 16.8 Å². The first-order chi connectivity index (χ1) is 14.4. The maximum Gasteiger partial charge on any atom is 0.336 e. The molecule has 1 amide bonds. The minimum atomic E-state index is -0.465. The van der Waals surface area contributed by atoms with E-state index < -0.39 is 5.63 Å². The second-order valence-corrected chi connectivity index (χ2v) is 7.76. The Balaban J connectivity index is 1.60. The first kappa shape index (κ1) is 19.7. The zero-order valence-electron chi connectivity index (χ0n) is 16.4. The van der Waals surface area contributed by atoms with Crippen LogP contribution in [0.15, 0.2) is 62.9 Å². The molecule has 0 saturated heterocycles. The van der Waals surface area contributed by atoms with Crippen molar-refractivity contribution in [3.05, 3.63) is 70.1 Å². The standard InChI is InChI=1S/C21H19N5O3S/c1-12-3-5-14(6-4-12)20-24-25-21(26(20)22)30-11-15-9-19(28)29-18-10-16(23-13(2)27)7-8-17(15)18/h3-10H,11,22H2,1-2H3,(H,23,27). The normalized spacial score (nSPS) is 11.0. The number of benzene rings is 2. The first-order valence-electron chi connectivity index (χ1n) is 9.15. The molecule has 0 bridgehead atoms. The Morgan fingerprint density at radius 2 is 1.93 bits per heavy atom. The fourth-order valence-corrected chi connectivity index (χ4v) is 3.90. The number of hydrogen-bond acceptors (Lipinski definition) is 7. The van der Waals surface area contributed by atoms with Gasteiger partial charge in [0.2, 0.25) is 11.1 Å². The largest absolute Gasteiger partial charge is 0.423 e. The van der Waals surface area contributed by atoms with Gasteiger partial charge in [-0.05, 0) is 24.6 Å². The zero-order valence-corrected chi connectivity index (χ0v) is 17.2. The average molecular weight is 421 g/mol. The molecule has 0 unspecified atom stereocenters. The number of carbonyl (C=O) groups excluding carboxylic acids is 1. The predicted molar refractivity (Wildman–Crippen MR) is 117 cm³/mol. The van der Waals surface area contributed by atoms with Crippen molar-refractivity contribution in [2.75, 3.05) is 11.2 Å². The van der Waals surface area contributed by atoms with E-state index >= 15 is 0 Å². The molecule has 3 N–H and O–H groups in total. The molecule has 0 saturated carbocycles. The Labute approximate surface area is 176 Å². The number of nitrogens with zero attached hydrogens (tertiary/aromatic N) is 3. The molecule has 9 heteroatoms. The number of fused-ring (bicyclic) bond motifs is 1. The maximum atomic E-state index is 12.0. The van der Waals surface area contributed by atoms with Gasteiger partial charge in [0.1, 0.15) is 5.58 Å². The van der Waals surface area contributed by atoms with Crippen LogP contribution in [0, 0.1) is 6.92 Å². The average Bonchev–Trinajstić information content (AvgIpc) is 3.06. The number of aromatic nitrogens is 3. The molecular weight excluding hydrogens is 402 g/mol. The van der Waals surface area contributed by atoms with Crippen LogP contribution in [0.5, 0.6) is 0 Å². The highest BCUT2D eigenvalue weighted by Gasteiger charge is 2.14. The fourth-order valence-electron chi connectivity index (χ4n) is 3.05. The van der Waals surface area contributed by atoms with Crippen molar-refractivity contribution in [3.8, 4) is 11.4 Å². The van der Waals surface area contributed by atoms with E-state index in [1.165, 1.54) is 29.4 Å². The number of hydrogen-bond donors (Lipinski definition) is 2. The molecule has 4 rings (SSSR count). The molecule has 0 radical (unpaired) electrons. The van der Waals surface area contributed by atoms with Gasteiger partial charge in [-0.3, -0.25) is 4.79 Å². The molecule has 0 aliphatic carbocycles. The molecule has 30 heavy (non-hydrogen) atoms. The molecule has 0 spiro atoms. The van der Waals surface area contributed by atoms with Crippen LogP contribution in [-0.2, 0) is 10.5 Å². The SMILES string of the molecule is CC(=O)Nc1ccc2c(CSc3nnc(-c4ccc(C)cc4)n3N)cc(=O)oc2c1. The van der Waals surface area contributed by atoms with Crippen molar-refractivity contribution in [2.24, 2.45) is 0 Å². The van der Waals surface area contributed by atoms with Crippen LogP contribution in [-0.4, -0.2) is 20.8 Å². The van der Waals surface area contributed by atoms with E-state index in [4.69, 9.17) is 10.3 Å². The topological polar surface area (TPSA) is 116 Å². The van der Waals surface area contributed by atoms with Crippen molar-refractivity contribution >= 4 is 34.3 Å². The van der Waals surface area contributed by atoms with E-state index in [-0.39, 0.29) is 5.91 Å². The molecule has 8 nitrogen and oxygen atoms in total. The minimum absolute atomic E-state index is 0.199. The van der Waals surface area contributed by atoms with Gasteiger partial charge in [-0.15, -0.1) is 10.2 Å². The summed E-state index contributed by atoms with van der Waals surface area (Å²) in [6, 6.07) is 14.5. The smallest absolute Gasteiger partial charge is 0.336 e. The number of amides is 1. The van der Waals surface area contributed by atoms with Crippen LogP contribution in [0.2, 0.25) is 0 Å². The molecular formula is C21H19N5O3S. The third-order valence-corrected chi connectivity index (χ3v) is 5.47. The van der Waals surface area contributed by atoms with E-state index in [1.54, 1.807) is 12.1 Å². The molecule has 0 aliphatic rings. The Hall–Kier alpha value is -3.59. The first-order valence-corrected chi connectivity index (χ1v) is 10.1. The number of aryl methyl sites for hydroxylation is 1. The Morgan fingerprint density at radius 3 is 2.67 bits per heavy atom. The van der Waals surface area contributed by atoms with Gasteiger partial charge >= 0.3 is 5.63 Å². The summed E-state index contributed by atoms with van der Waals surface area (Å²) >= 11 is 1.37. The molecule has 2 aromatic heterocycles. The molecule has 2 heterocycles. The summed E-state index contributed by atoms with van der Waals surface area (Å²) in [5.74, 6) is 7.01. The lowest BCUT2D eigenvalue weighted by Gasteiger charge is -2.08. The van der Waals surface area contributed by atoms with Gasteiger partial charge in [0.15, 0.2) is 5.82 Å². The second kappa shape index (κ2) is 8.03. The van der Waals surface area contributed by atoms with Gasteiger partial charge in [0.05, 0.1) is 0 Å². The summed E-state index contributed by atoms with van der Waals surface area (Å²) in [5.41, 5.74) is 3.30. The predicted octanol–water partition coefficient (Wildman–Crippen LogP) is 3.32. The lowest BCUT2D eigenvalue weighted by atomic mass is 10.1. The van der Waals surface area contributed by atoms with Crippen molar-refractivity contribution in [1.82, 2.24) is 14.9 Å². The third-order valence-electron chi connectivity index (χ3n) is 4.48. The van der Waals surface area contributed by atoms with E-state index in [1.807, 2.05) is 37.3 Å². The van der Waals surface area contributed by atoms with E-state index in [0.717, 1.165) is 22.1 Å². The van der Waals surface area contributed by atoms with E-state index in [2.05, 4.69) is 15.5 Å². The monoisotopic (exact) mass is 421 g/mol. The number of nitrogens with two attached hydrogens (primary N) is 1. The van der Waals surface area contributed by atoms with E-state index in [0.29, 0.717) is 28.0 Å². The summed E-state index contributed by atoms with van der Waals surface area (Å²) < 4.78 is 6.74. The van der Waals surface area contributed by atoms with Crippen LogP contribution in [0.3, 0.4) is 0 Å². The maximum absolute atomic E-state index is 12.0. The van der Waals surface area contributed by atoms with E-state index in [9.17, 15) is 9.59 Å². The minimum Gasteiger partial charge on any atom is -0.423 e. The molecule has 0 aliphatic heterocycles. The number of rotatable bonds is 5. The highest BCUT2D eigenvalue weighted by Crippen LogP contribution is 2.28. The number of nitrogen functional groups attached to an aromatic ring is 1.